The van der Waals surface area contributed by atoms with Crippen LogP contribution in [0.2, 0.25) is 0 Å². The Morgan fingerprint density at radius 2 is 2.06 bits per heavy atom. The Kier molecular flexibility index (Phi) is 8.11. The van der Waals surface area contributed by atoms with Gasteiger partial charge in [0.2, 0.25) is 0 Å². The molecule has 0 aliphatic heterocycles. The van der Waals surface area contributed by atoms with Crippen LogP contribution in [0.15, 0.2) is 24.3 Å². The van der Waals surface area contributed by atoms with Gasteiger partial charge in [-0.15, -0.1) is 12.4 Å². The van der Waals surface area contributed by atoms with Gasteiger partial charge in [-0.2, -0.15) is 0 Å². The Labute approximate surface area is 113 Å². The zero-order chi connectivity index (χ0) is 12.7. The molecule has 18 heavy (non-hydrogen) atoms. The maximum absolute atomic E-state index is 11.6. The molecule has 0 heterocycles. The molecule has 0 fully saturated rings. The van der Waals surface area contributed by atoms with Crippen molar-refractivity contribution in [3.05, 3.63) is 29.8 Å². The van der Waals surface area contributed by atoms with Gasteiger partial charge in [-0.1, -0.05) is 18.2 Å². The quantitative estimate of drug-likeness (QED) is 0.801. The fourth-order valence-corrected chi connectivity index (χ4v) is 1.46. The first-order valence-electron chi connectivity index (χ1n) is 5.35. The summed E-state index contributed by atoms with van der Waals surface area (Å²) in [6.07, 6.45) is -0.607. The average molecular weight is 275 g/mol. The summed E-state index contributed by atoms with van der Waals surface area (Å²) < 4.78 is 10.1. The highest BCUT2D eigenvalue weighted by molar-refractivity contribution is 5.85. The zero-order valence-corrected chi connectivity index (χ0v) is 11.3. The largest absolute Gasteiger partial charge is 0.496 e. The normalized spacial score (nSPS) is 11.3. The number of hydrogen-bond acceptors (Lipinski definition) is 4. The first-order valence-corrected chi connectivity index (χ1v) is 5.35. The van der Waals surface area contributed by atoms with Crippen molar-refractivity contribution in [2.45, 2.75) is 12.6 Å². The Balaban J connectivity index is 0.00000289. The number of amides is 1. The van der Waals surface area contributed by atoms with Gasteiger partial charge in [0, 0.05) is 25.8 Å². The van der Waals surface area contributed by atoms with Crippen LogP contribution in [0.5, 0.6) is 5.75 Å². The molecule has 1 amide bonds. The third-order valence-electron chi connectivity index (χ3n) is 2.44. The van der Waals surface area contributed by atoms with E-state index >= 15 is 0 Å². The van der Waals surface area contributed by atoms with Crippen molar-refractivity contribution in [1.29, 1.82) is 0 Å². The maximum Gasteiger partial charge on any atom is 0.250 e. The van der Waals surface area contributed by atoms with Crippen LogP contribution in [0.3, 0.4) is 0 Å². The summed E-state index contributed by atoms with van der Waals surface area (Å²) in [5.41, 5.74) is 6.31. The van der Waals surface area contributed by atoms with Gasteiger partial charge in [0.25, 0.3) is 5.91 Å². The number of hydrogen-bond donors (Lipinski definition) is 2. The van der Waals surface area contributed by atoms with Crippen LogP contribution in [-0.4, -0.2) is 32.8 Å². The highest BCUT2D eigenvalue weighted by Crippen LogP contribution is 2.16. The van der Waals surface area contributed by atoms with E-state index in [2.05, 4.69) is 5.32 Å². The molecule has 102 valence electrons. The Hall–Kier alpha value is -1.30. The van der Waals surface area contributed by atoms with Gasteiger partial charge < -0.3 is 20.5 Å². The number of para-hydroxylation sites is 1. The van der Waals surface area contributed by atoms with E-state index in [0.717, 1.165) is 11.3 Å². The van der Waals surface area contributed by atoms with E-state index in [1.54, 1.807) is 7.11 Å². The van der Waals surface area contributed by atoms with Crippen LogP contribution in [0.4, 0.5) is 0 Å². The first-order chi connectivity index (χ1) is 8.22. The summed E-state index contributed by atoms with van der Waals surface area (Å²) in [5, 5.41) is 2.75. The van der Waals surface area contributed by atoms with Crippen molar-refractivity contribution in [3.63, 3.8) is 0 Å². The predicted octanol–water partition coefficient (Wildman–Crippen LogP) is 0.707. The smallest absolute Gasteiger partial charge is 0.250 e. The molecule has 1 atom stereocenters. The fraction of sp³-hybridized carbons (Fsp3) is 0.417. The lowest BCUT2D eigenvalue weighted by molar-refractivity contribution is -0.130. The van der Waals surface area contributed by atoms with Crippen molar-refractivity contribution in [1.82, 2.24) is 5.32 Å². The predicted molar refractivity (Wildman–Crippen MR) is 71.9 cm³/mol. The van der Waals surface area contributed by atoms with E-state index in [4.69, 9.17) is 15.2 Å². The Morgan fingerprint density at radius 1 is 1.39 bits per heavy atom. The molecular weight excluding hydrogens is 256 g/mol. The number of rotatable bonds is 6. The van der Waals surface area contributed by atoms with Gasteiger partial charge in [-0.25, -0.2) is 0 Å². The SMILES string of the molecule is COc1ccccc1CNC(=O)C(CN)OC.Cl. The van der Waals surface area contributed by atoms with Crippen molar-refractivity contribution in [3.8, 4) is 5.75 Å². The summed E-state index contributed by atoms with van der Waals surface area (Å²) in [7, 11) is 3.05. The fourth-order valence-electron chi connectivity index (χ4n) is 1.46. The minimum Gasteiger partial charge on any atom is -0.496 e. The molecule has 0 saturated heterocycles. The van der Waals surface area contributed by atoms with Gasteiger partial charge in [0.1, 0.15) is 11.9 Å². The Bertz CT molecular complexity index is 370. The second kappa shape index (κ2) is 8.74. The van der Waals surface area contributed by atoms with Crippen LogP contribution in [-0.2, 0) is 16.1 Å². The van der Waals surface area contributed by atoms with E-state index in [0.29, 0.717) is 6.54 Å². The molecule has 3 N–H and O–H groups in total. The highest BCUT2D eigenvalue weighted by atomic mass is 35.5. The number of carbonyl (C=O) groups excluding carboxylic acids is 1. The minimum absolute atomic E-state index is 0. The van der Waals surface area contributed by atoms with Crippen molar-refractivity contribution >= 4 is 18.3 Å². The van der Waals surface area contributed by atoms with E-state index in [1.807, 2.05) is 24.3 Å². The van der Waals surface area contributed by atoms with Crippen molar-refractivity contribution in [2.75, 3.05) is 20.8 Å². The van der Waals surface area contributed by atoms with E-state index < -0.39 is 6.10 Å². The van der Waals surface area contributed by atoms with Crippen LogP contribution in [0.1, 0.15) is 5.56 Å². The second-order valence-electron chi connectivity index (χ2n) is 3.49. The molecule has 0 bridgehead atoms. The molecule has 1 rings (SSSR count). The second-order valence-corrected chi connectivity index (χ2v) is 3.49. The molecule has 0 aliphatic rings. The van der Waals surface area contributed by atoms with Crippen LogP contribution in [0, 0.1) is 0 Å². The number of nitrogens with one attached hydrogen (secondary N) is 1. The lowest BCUT2D eigenvalue weighted by Crippen LogP contribution is -2.40. The van der Waals surface area contributed by atoms with E-state index in [9.17, 15) is 4.79 Å². The number of halogens is 1. The molecule has 1 aromatic carbocycles. The molecule has 0 aromatic heterocycles. The maximum atomic E-state index is 11.6. The summed E-state index contributed by atoms with van der Waals surface area (Å²) in [5.74, 6) is 0.524. The lowest BCUT2D eigenvalue weighted by atomic mass is 10.2. The topological polar surface area (TPSA) is 73.6 Å². The third-order valence-corrected chi connectivity index (χ3v) is 2.44. The standard InChI is InChI=1S/C12H18N2O3.ClH/c1-16-10-6-4-3-5-9(10)8-14-12(15)11(7-13)17-2;/h3-6,11H,7-8,13H2,1-2H3,(H,14,15);1H. The zero-order valence-electron chi connectivity index (χ0n) is 10.5. The lowest BCUT2D eigenvalue weighted by Gasteiger charge is -2.14. The van der Waals surface area contributed by atoms with Crippen molar-refractivity contribution < 1.29 is 14.3 Å². The van der Waals surface area contributed by atoms with Gasteiger partial charge in [0.05, 0.1) is 7.11 Å². The number of nitrogens with two attached hydrogens (primary N) is 1. The number of ether oxygens (including phenoxy) is 2. The number of benzene rings is 1. The number of carbonyl (C=O) groups is 1. The van der Waals surface area contributed by atoms with Gasteiger partial charge in [-0.05, 0) is 6.07 Å². The molecule has 0 spiro atoms. The van der Waals surface area contributed by atoms with Gasteiger partial charge in [0.15, 0.2) is 0 Å². The van der Waals surface area contributed by atoms with Gasteiger partial charge in [-0.3, -0.25) is 4.79 Å². The molecule has 6 heteroatoms. The summed E-state index contributed by atoms with van der Waals surface area (Å²) in [6.45, 7) is 0.553. The molecule has 0 saturated carbocycles. The Morgan fingerprint density at radius 3 is 2.61 bits per heavy atom. The first kappa shape index (κ1) is 16.7. The molecule has 5 nitrogen and oxygen atoms in total. The van der Waals surface area contributed by atoms with E-state index in [1.165, 1.54) is 7.11 Å². The summed E-state index contributed by atoms with van der Waals surface area (Å²) >= 11 is 0. The van der Waals surface area contributed by atoms with Crippen molar-refractivity contribution in [2.24, 2.45) is 5.73 Å². The third kappa shape index (κ3) is 4.52. The minimum atomic E-state index is -0.607. The monoisotopic (exact) mass is 274 g/mol. The summed E-state index contributed by atoms with van der Waals surface area (Å²) in [4.78, 5) is 11.6. The molecular formula is C12H19ClN2O3. The summed E-state index contributed by atoms with van der Waals surface area (Å²) in [6, 6.07) is 7.50. The van der Waals surface area contributed by atoms with Crippen LogP contribution < -0.4 is 15.8 Å². The average Bonchev–Trinajstić information content (AvgIpc) is 2.38. The van der Waals surface area contributed by atoms with Gasteiger partial charge >= 0.3 is 0 Å². The highest BCUT2D eigenvalue weighted by Gasteiger charge is 2.15. The molecule has 0 radical (unpaired) electrons. The molecule has 1 aromatic rings. The van der Waals surface area contributed by atoms with Crippen LogP contribution in [0.25, 0.3) is 0 Å². The van der Waals surface area contributed by atoms with Crippen LogP contribution >= 0.6 is 12.4 Å². The molecule has 1 unspecified atom stereocenters. The molecule has 0 aliphatic carbocycles. The number of methoxy groups -OCH3 is 2. The van der Waals surface area contributed by atoms with E-state index in [-0.39, 0.29) is 24.9 Å².